The van der Waals surface area contributed by atoms with Gasteiger partial charge in [0.1, 0.15) is 19.3 Å². The number of rotatable bonds is 63. The first kappa shape index (κ1) is 80.9. The first-order chi connectivity index (χ1) is 40.9. The Morgan fingerprint density at radius 1 is 0.417 bits per heavy atom. The number of amides is 1. The fourth-order valence-electron chi connectivity index (χ4n) is 9.81. The molecule has 2 N–H and O–H groups in total. The van der Waals surface area contributed by atoms with Crippen molar-refractivity contribution in [2.45, 2.75) is 322 Å². The van der Waals surface area contributed by atoms with Crippen molar-refractivity contribution in [2.24, 2.45) is 0 Å². The van der Waals surface area contributed by atoms with E-state index < -0.39 is 20.0 Å². The summed E-state index contributed by atoms with van der Waals surface area (Å²) in [5.41, 5.74) is 0. The number of esters is 1. The Balaban J connectivity index is 5.10. The van der Waals surface area contributed by atoms with Crippen LogP contribution in [-0.4, -0.2) is 74.3 Å². The number of phosphoric acid groups is 1. The summed E-state index contributed by atoms with van der Waals surface area (Å²) in [6.07, 6.45) is 85.5. The van der Waals surface area contributed by atoms with Gasteiger partial charge in [0.15, 0.2) is 0 Å². The fraction of sp³-hybridized carbons (Fsp3) is 0.757. The summed E-state index contributed by atoms with van der Waals surface area (Å²) in [6.45, 7) is 6.96. The van der Waals surface area contributed by atoms with Crippen LogP contribution < -0.4 is 5.32 Å². The van der Waals surface area contributed by atoms with Gasteiger partial charge in [-0.15, -0.1) is 0 Å². The van der Waals surface area contributed by atoms with Crippen molar-refractivity contribution in [2.75, 3.05) is 40.9 Å². The number of nitrogens with one attached hydrogen (secondary N) is 1. The Morgan fingerprint density at radius 3 is 1.11 bits per heavy atom. The number of hydrogen-bond donors (Lipinski definition) is 2. The van der Waals surface area contributed by atoms with E-state index in [1.165, 1.54) is 173 Å². The minimum atomic E-state index is -4.46. The highest BCUT2D eigenvalue weighted by Gasteiger charge is 2.30. The van der Waals surface area contributed by atoms with Gasteiger partial charge >= 0.3 is 13.8 Å². The van der Waals surface area contributed by atoms with Crippen LogP contribution in [0, 0.1) is 0 Å². The molecule has 3 unspecified atom stereocenters. The monoisotopic (exact) mass is 1190 g/mol. The second-order valence-corrected chi connectivity index (χ2v) is 26.1. The largest absolute Gasteiger partial charge is 0.472 e. The van der Waals surface area contributed by atoms with Crippen molar-refractivity contribution in [1.29, 1.82) is 0 Å². The molecule has 3 atom stereocenters. The maximum absolute atomic E-state index is 13.6. The van der Waals surface area contributed by atoms with Crippen molar-refractivity contribution in [3.8, 4) is 0 Å². The number of unbranched alkanes of at least 4 members (excludes halogenated alkanes) is 33. The molecule has 0 aliphatic heterocycles. The third kappa shape index (κ3) is 63.4. The Labute approximate surface area is 519 Å². The number of ether oxygens (including phenoxy) is 1. The SMILES string of the molecule is CCCCC/C=C\C/C=C\C/C=C\C/C=C\CCCCCCCCCCCCCC(=O)NC(COP(=O)(O)OCC[N+](C)(C)C)C(/C=C\CCCCCCCCCCCC)OC(=O)CCCCCCCC/C=C\C/C=C\C/C=C\CCCCC. The van der Waals surface area contributed by atoms with Gasteiger partial charge in [-0.1, -0.05) is 279 Å². The van der Waals surface area contributed by atoms with Crippen LogP contribution in [0.3, 0.4) is 0 Å². The van der Waals surface area contributed by atoms with Crippen LogP contribution in [0.15, 0.2) is 97.2 Å². The van der Waals surface area contributed by atoms with E-state index in [1.54, 1.807) is 0 Å². The number of likely N-dealkylation sites (N-methyl/N-ethyl adjacent to an activating group) is 1. The molecule has 0 aromatic heterocycles. The lowest BCUT2D eigenvalue weighted by molar-refractivity contribution is -0.870. The lowest BCUT2D eigenvalue weighted by Gasteiger charge is -2.27. The molecule has 0 spiro atoms. The molecule has 0 saturated carbocycles. The smallest absolute Gasteiger partial charge is 0.456 e. The van der Waals surface area contributed by atoms with Gasteiger partial charge in [-0.05, 0) is 115 Å². The van der Waals surface area contributed by atoms with Gasteiger partial charge < -0.3 is 19.4 Å². The zero-order valence-corrected chi connectivity index (χ0v) is 56.5. The van der Waals surface area contributed by atoms with Gasteiger partial charge in [-0.3, -0.25) is 18.6 Å². The fourth-order valence-corrected chi connectivity index (χ4v) is 10.5. The molecule has 0 heterocycles. The van der Waals surface area contributed by atoms with E-state index in [0.29, 0.717) is 17.4 Å². The van der Waals surface area contributed by atoms with Gasteiger partial charge in [-0.2, -0.15) is 0 Å². The molecule has 10 heteroatoms. The standard InChI is InChI=1S/C74H133N2O7P/c1-7-10-13-16-19-22-25-28-30-32-34-35-36-37-38-39-40-41-43-44-46-48-51-54-57-60-63-66-73(77)75-71(70-82-84(79,80)81-69-68-76(4,5)6)72(65-62-59-56-53-50-27-24-21-18-15-12-9-3)83-74(78)67-64-61-58-55-52-49-47-45-42-33-31-29-26-23-20-17-14-11-8-2/h19-20,22-23,28-31,34-35,37-38,42,45,62,65,71-72H,7-18,21,24-27,32-33,36,39-41,43-44,46-61,63-64,66-70H2,1-6H3,(H-,75,77,79,80)/p+1/b22-19-,23-20-,30-28-,31-29-,35-34-,38-37-,45-42-,65-62-. The van der Waals surface area contributed by atoms with E-state index in [1.807, 2.05) is 33.3 Å². The second kappa shape index (κ2) is 63.0. The molecular formula is C74H134N2O7P+. The predicted octanol–water partition coefficient (Wildman–Crippen LogP) is 22.3. The first-order valence-corrected chi connectivity index (χ1v) is 36.6. The average molecular weight is 1190 g/mol. The Kier molecular flexibility index (Phi) is 60.7. The number of quaternary nitrogens is 1. The molecule has 0 fully saturated rings. The van der Waals surface area contributed by atoms with Crippen molar-refractivity contribution in [3.63, 3.8) is 0 Å². The van der Waals surface area contributed by atoms with Crippen molar-refractivity contribution >= 4 is 19.7 Å². The third-order valence-corrected chi connectivity index (χ3v) is 16.2. The minimum Gasteiger partial charge on any atom is -0.456 e. The second-order valence-electron chi connectivity index (χ2n) is 24.7. The predicted molar refractivity (Wildman–Crippen MR) is 364 cm³/mol. The Bertz CT molecular complexity index is 1760. The van der Waals surface area contributed by atoms with Gasteiger partial charge in [0.05, 0.1) is 33.8 Å². The highest BCUT2D eigenvalue weighted by atomic mass is 31.2. The zero-order valence-electron chi connectivity index (χ0n) is 55.6. The zero-order chi connectivity index (χ0) is 61.4. The summed E-state index contributed by atoms with van der Waals surface area (Å²) in [4.78, 5) is 37.9. The number of hydrogen-bond acceptors (Lipinski definition) is 6. The summed E-state index contributed by atoms with van der Waals surface area (Å²) in [6, 6.07) is -0.862. The Hall–Kier alpha value is -3.07. The van der Waals surface area contributed by atoms with Crippen LogP contribution >= 0.6 is 7.82 Å². The number of carbonyl (C=O) groups excluding carboxylic acids is 2. The van der Waals surface area contributed by atoms with Crippen molar-refractivity contribution < 1.29 is 37.3 Å². The number of allylic oxidation sites excluding steroid dienone is 15. The molecule has 9 nitrogen and oxygen atoms in total. The van der Waals surface area contributed by atoms with E-state index >= 15 is 0 Å². The highest BCUT2D eigenvalue weighted by Crippen LogP contribution is 2.43. The van der Waals surface area contributed by atoms with E-state index in [0.717, 1.165) is 103 Å². The quantitative estimate of drug-likeness (QED) is 0.0205. The van der Waals surface area contributed by atoms with E-state index in [-0.39, 0.29) is 31.5 Å². The summed E-state index contributed by atoms with van der Waals surface area (Å²) in [5, 5.41) is 3.06. The molecule has 0 radical (unpaired) electrons. The topological polar surface area (TPSA) is 111 Å². The summed E-state index contributed by atoms with van der Waals surface area (Å²) < 4.78 is 30.8. The minimum absolute atomic E-state index is 0.0337. The molecule has 1 amide bonds. The van der Waals surface area contributed by atoms with Crippen molar-refractivity contribution in [3.05, 3.63) is 97.2 Å². The van der Waals surface area contributed by atoms with Gasteiger partial charge in [-0.25, -0.2) is 4.57 Å². The van der Waals surface area contributed by atoms with Crippen LogP contribution in [-0.2, 0) is 27.9 Å². The molecule has 0 aromatic rings. The first-order valence-electron chi connectivity index (χ1n) is 35.1. The molecule has 0 rings (SSSR count). The van der Waals surface area contributed by atoms with Gasteiger partial charge in [0.25, 0.3) is 0 Å². The maximum Gasteiger partial charge on any atom is 0.472 e. The maximum atomic E-state index is 13.6. The molecule has 0 aliphatic rings. The Morgan fingerprint density at radius 2 is 0.726 bits per heavy atom. The molecule has 84 heavy (non-hydrogen) atoms. The normalized spacial score (nSPS) is 14.1. The van der Waals surface area contributed by atoms with Gasteiger partial charge in [0.2, 0.25) is 5.91 Å². The van der Waals surface area contributed by atoms with Crippen molar-refractivity contribution in [1.82, 2.24) is 5.32 Å². The highest BCUT2D eigenvalue weighted by molar-refractivity contribution is 7.47. The molecule has 0 saturated heterocycles. The number of nitrogens with zero attached hydrogens (tertiary/aromatic N) is 1. The summed E-state index contributed by atoms with van der Waals surface area (Å²) in [5.74, 6) is -0.521. The van der Waals surface area contributed by atoms with Crippen LogP contribution in [0.2, 0.25) is 0 Å². The third-order valence-electron chi connectivity index (χ3n) is 15.2. The van der Waals surface area contributed by atoms with Crippen LogP contribution in [0.25, 0.3) is 0 Å². The van der Waals surface area contributed by atoms with Crippen LogP contribution in [0.5, 0.6) is 0 Å². The molecule has 486 valence electrons. The van der Waals surface area contributed by atoms with Gasteiger partial charge in [0, 0.05) is 12.8 Å². The number of phosphoric ester groups is 1. The molecular weight excluding hydrogens is 1060 g/mol. The lowest BCUT2D eigenvalue weighted by Crippen LogP contribution is -2.47. The van der Waals surface area contributed by atoms with Crippen LogP contribution in [0.1, 0.15) is 310 Å². The number of carbonyl (C=O) groups is 2. The lowest BCUT2D eigenvalue weighted by atomic mass is 10.0. The average Bonchev–Trinajstić information content (AvgIpc) is 3.64. The molecule has 0 aromatic carbocycles. The summed E-state index contributed by atoms with van der Waals surface area (Å²) >= 11 is 0. The van der Waals surface area contributed by atoms with E-state index in [4.69, 9.17) is 13.8 Å². The molecule has 0 bridgehead atoms. The van der Waals surface area contributed by atoms with E-state index in [9.17, 15) is 19.0 Å². The van der Waals surface area contributed by atoms with E-state index in [2.05, 4.69) is 111 Å². The summed E-state index contributed by atoms with van der Waals surface area (Å²) in [7, 11) is 1.48. The van der Waals surface area contributed by atoms with Crippen LogP contribution in [0.4, 0.5) is 0 Å². The molecule has 0 aliphatic carbocycles.